The maximum absolute atomic E-state index is 14.3. The van der Waals surface area contributed by atoms with Crippen molar-refractivity contribution in [3.05, 3.63) is 120 Å². The summed E-state index contributed by atoms with van der Waals surface area (Å²) in [7, 11) is 2.60. The summed E-state index contributed by atoms with van der Waals surface area (Å²) in [5.74, 6) is 1.52. The number of nitrogens with two attached hydrogens (primary N) is 1. The molecular weight excluding hydrogens is 797 g/mol. The van der Waals surface area contributed by atoms with Crippen LogP contribution < -0.4 is 16.0 Å². The number of benzene rings is 4. The van der Waals surface area contributed by atoms with Gasteiger partial charge in [0.2, 0.25) is 11.7 Å². The third kappa shape index (κ3) is 8.18. The van der Waals surface area contributed by atoms with Gasteiger partial charge in [-0.15, -0.1) is 0 Å². The van der Waals surface area contributed by atoms with Crippen LogP contribution in [0, 0.1) is 11.8 Å². The zero-order chi connectivity index (χ0) is 43.8. The maximum atomic E-state index is 14.3. The number of fused-ring (bicyclic) bond motifs is 3. The molecule has 4 aliphatic rings. The van der Waals surface area contributed by atoms with Gasteiger partial charge in [-0.25, -0.2) is 19.6 Å². The van der Waals surface area contributed by atoms with Gasteiger partial charge in [0.15, 0.2) is 5.70 Å². The van der Waals surface area contributed by atoms with Gasteiger partial charge in [-0.05, 0) is 95.7 Å². The lowest BCUT2D eigenvalue weighted by Gasteiger charge is -2.36. The highest BCUT2D eigenvalue weighted by Gasteiger charge is 2.54. The van der Waals surface area contributed by atoms with E-state index in [1.165, 1.54) is 14.2 Å². The van der Waals surface area contributed by atoms with Crippen LogP contribution in [0.5, 0.6) is 0 Å². The SMILES string of the molecule is COC(=O)NC(C(=O)N1C2CCC(C2)C1C1=NC=C(c2ccc(-c3ccc4cc(-c5cnc(C6CCCN6C(=O)C(NC(=O)OC)C(C)C)[nH]5)ccc4c3)cc2)[NH2+]1)c1ccccc1. The number of amidine groups is 1. The molecule has 324 valence electrons. The van der Waals surface area contributed by atoms with Gasteiger partial charge < -0.3 is 34.9 Å². The molecule has 0 spiro atoms. The molecule has 6 atom stereocenters. The lowest BCUT2D eigenvalue weighted by molar-refractivity contribution is -0.436. The molecule has 4 amide bonds. The number of ether oxygens (including phenoxy) is 2. The molecule has 4 aromatic carbocycles. The van der Waals surface area contributed by atoms with Crippen molar-refractivity contribution in [1.29, 1.82) is 0 Å². The molecule has 1 saturated carbocycles. The lowest BCUT2D eigenvalue weighted by Crippen LogP contribution is -2.87. The van der Waals surface area contributed by atoms with Crippen LogP contribution >= 0.6 is 0 Å². The summed E-state index contributed by atoms with van der Waals surface area (Å²) >= 11 is 0. The van der Waals surface area contributed by atoms with Crippen LogP contribution in [0.1, 0.15) is 75.0 Å². The van der Waals surface area contributed by atoms with Gasteiger partial charge in [0.1, 0.15) is 23.9 Å². The largest absolute Gasteiger partial charge is 0.453 e. The fourth-order valence-corrected chi connectivity index (χ4v) is 9.94. The number of nitrogens with zero attached hydrogens (tertiary/aromatic N) is 4. The Kier molecular flexibility index (Phi) is 11.6. The number of rotatable bonds is 11. The number of quaternary nitrogens is 1. The quantitative estimate of drug-likeness (QED) is 0.115. The van der Waals surface area contributed by atoms with Crippen molar-refractivity contribution in [2.45, 2.75) is 76.2 Å². The predicted molar refractivity (Wildman–Crippen MR) is 239 cm³/mol. The Balaban J connectivity index is 0.862. The minimum atomic E-state index is -0.860. The number of likely N-dealkylation sites (tertiary alicyclic amines) is 2. The van der Waals surface area contributed by atoms with Crippen LogP contribution in [-0.4, -0.2) is 88.5 Å². The van der Waals surface area contributed by atoms with Crippen molar-refractivity contribution in [2.75, 3.05) is 20.8 Å². The van der Waals surface area contributed by atoms with Crippen molar-refractivity contribution in [3.63, 3.8) is 0 Å². The Morgan fingerprint density at radius 2 is 1.48 bits per heavy atom. The number of hydrogen-bond acceptors (Lipinski definition) is 8. The second-order valence-electron chi connectivity index (χ2n) is 17.3. The molecule has 2 bridgehead atoms. The smallest absolute Gasteiger partial charge is 0.407 e. The number of imidazole rings is 1. The molecule has 6 unspecified atom stereocenters. The summed E-state index contributed by atoms with van der Waals surface area (Å²) in [5, 5.41) is 9.81. The Bertz CT molecular complexity index is 2610. The number of nitrogens with one attached hydrogen (secondary N) is 3. The second kappa shape index (κ2) is 17.5. The summed E-state index contributed by atoms with van der Waals surface area (Å²) < 4.78 is 9.68. The number of methoxy groups -OCH3 is 2. The first-order valence-corrected chi connectivity index (χ1v) is 21.8. The van der Waals surface area contributed by atoms with Crippen LogP contribution in [0.25, 0.3) is 38.9 Å². The number of amides is 4. The van der Waals surface area contributed by atoms with Crippen molar-refractivity contribution in [3.8, 4) is 22.4 Å². The van der Waals surface area contributed by atoms with E-state index in [-0.39, 0.29) is 35.9 Å². The molecule has 5 N–H and O–H groups in total. The molecule has 1 aliphatic carbocycles. The highest BCUT2D eigenvalue weighted by Crippen LogP contribution is 2.44. The van der Waals surface area contributed by atoms with Gasteiger partial charge in [-0.2, -0.15) is 0 Å². The summed E-state index contributed by atoms with van der Waals surface area (Å²) in [6, 6.07) is 28.8. The van der Waals surface area contributed by atoms with Crippen molar-refractivity contribution >= 4 is 46.3 Å². The van der Waals surface area contributed by atoms with Gasteiger partial charge in [0, 0.05) is 23.7 Å². The number of H-pyrrole nitrogens is 1. The molecule has 2 saturated heterocycles. The van der Waals surface area contributed by atoms with E-state index in [0.717, 1.165) is 88.2 Å². The van der Waals surface area contributed by atoms with Crippen molar-refractivity contribution < 1.29 is 34.0 Å². The topological polar surface area (TPSA) is 175 Å². The molecule has 3 aliphatic heterocycles. The molecule has 63 heavy (non-hydrogen) atoms. The predicted octanol–water partition coefficient (Wildman–Crippen LogP) is 6.69. The number of hydrogen-bond donors (Lipinski definition) is 4. The van der Waals surface area contributed by atoms with E-state index in [0.29, 0.717) is 18.0 Å². The molecule has 5 aromatic rings. The Labute approximate surface area is 366 Å². The molecular formula is C49H53N8O6+. The molecule has 1 aromatic heterocycles. The van der Waals surface area contributed by atoms with Crippen LogP contribution in [0.15, 0.2) is 108 Å². The van der Waals surface area contributed by atoms with E-state index in [9.17, 15) is 19.2 Å². The fourth-order valence-electron chi connectivity index (χ4n) is 9.94. The standard InChI is InChI=1S/C49H52N8O6/c1-28(2)41(54-48(60)62-3)46(58)56-22-8-11-40(56)44-50-27-39(52-44)35-19-18-33-23-32(16-17-34(33)24-35)29-12-14-30(15-13-29)38-26-51-45(53-38)43-36-20-21-37(25-36)57(43)47(59)42(55-49(61)63-4)31-9-6-5-7-10-31/h5-7,9-10,12-19,23-24,26-28,36-37,40-43H,8,11,20-22,25H2,1-4H3,(H,50,52)(H,51,53)(H,54,60)(H,55,61)/p+1. The second-order valence-corrected chi connectivity index (χ2v) is 17.3. The minimum Gasteiger partial charge on any atom is -0.453 e. The average Bonchev–Trinajstić information content (AvgIpc) is 4.18. The van der Waals surface area contributed by atoms with E-state index in [1.807, 2.05) is 66.4 Å². The number of carbonyl (C=O) groups is 4. The van der Waals surface area contributed by atoms with Gasteiger partial charge >= 0.3 is 12.2 Å². The number of alkyl carbamates (subject to hydrolysis) is 2. The molecule has 14 heteroatoms. The fraction of sp³-hybridized carbons (Fsp3) is 0.347. The van der Waals surface area contributed by atoms with Crippen molar-refractivity contribution in [2.24, 2.45) is 16.8 Å². The highest BCUT2D eigenvalue weighted by atomic mass is 16.5. The zero-order valence-corrected chi connectivity index (χ0v) is 35.9. The van der Waals surface area contributed by atoms with Gasteiger partial charge in [-0.1, -0.05) is 80.6 Å². The lowest BCUT2D eigenvalue weighted by atomic mass is 9.95. The van der Waals surface area contributed by atoms with Gasteiger partial charge in [0.25, 0.3) is 5.91 Å². The van der Waals surface area contributed by atoms with E-state index < -0.39 is 24.3 Å². The van der Waals surface area contributed by atoms with Gasteiger partial charge in [-0.3, -0.25) is 14.9 Å². The zero-order valence-electron chi connectivity index (χ0n) is 35.9. The van der Waals surface area contributed by atoms with Gasteiger partial charge in [0.05, 0.1) is 38.4 Å². The number of aromatic nitrogens is 2. The molecule has 3 fully saturated rings. The van der Waals surface area contributed by atoms with Crippen LogP contribution in [0.2, 0.25) is 0 Å². The number of piperidine rings is 1. The van der Waals surface area contributed by atoms with E-state index in [4.69, 9.17) is 19.5 Å². The summed E-state index contributed by atoms with van der Waals surface area (Å²) in [4.78, 5) is 69.2. The van der Waals surface area contributed by atoms with Crippen LogP contribution in [0.3, 0.4) is 0 Å². The molecule has 9 rings (SSSR count). The maximum Gasteiger partial charge on any atom is 0.407 e. The van der Waals surface area contributed by atoms with E-state index in [2.05, 4.69) is 81.6 Å². The van der Waals surface area contributed by atoms with Crippen LogP contribution in [0.4, 0.5) is 9.59 Å². The van der Waals surface area contributed by atoms with E-state index >= 15 is 0 Å². The Hall–Kier alpha value is -6.80. The molecule has 0 radical (unpaired) electrons. The summed E-state index contributed by atoms with van der Waals surface area (Å²) in [6.07, 6.45) is 6.98. The number of aromatic amines is 1. The summed E-state index contributed by atoms with van der Waals surface area (Å²) in [5.41, 5.74) is 6.81. The molecule has 4 heterocycles. The first-order valence-electron chi connectivity index (χ1n) is 21.8. The normalized spacial score (nSPS) is 21.3. The monoisotopic (exact) mass is 849 g/mol. The minimum absolute atomic E-state index is 0.0962. The molecule has 14 nitrogen and oxygen atoms in total. The third-order valence-electron chi connectivity index (χ3n) is 13.2. The van der Waals surface area contributed by atoms with Crippen LogP contribution in [-0.2, 0) is 19.1 Å². The Morgan fingerprint density at radius 1 is 0.794 bits per heavy atom. The third-order valence-corrected chi connectivity index (χ3v) is 13.2. The Morgan fingerprint density at radius 3 is 2.21 bits per heavy atom. The first kappa shape index (κ1) is 41.5. The number of aliphatic imine (C=N–C) groups is 1. The number of carbonyl (C=O) groups excluding carboxylic acids is 4. The average molecular weight is 850 g/mol. The van der Waals surface area contributed by atoms with E-state index in [1.54, 1.807) is 0 Å². The highest BCUT2D eigenvalue weighted by molar-refractivity contribution is 5.95. The first-order chi connectivity index (χ1) is 30.6. The van der Waals surface area contributed by atoms with Crippen molar-refractivity contribution in [1.82, 2.24) is 30.4 Å². The summed E-state index contributed by atoms with van der Waals surface area (Å²) in [6.45, 7) is 4.41.